The first-order valence-electron chi connectivity index (χ1n) is 10.4. The Hall–Kier alpha value is -2.69. The second-order valence-electron chi connectivity index (χ2n) is 8.21. The van der Waals surface area contributed by atoms with Gasteiger partial charge in [-0.25, -0.2) is 4.68 Å². The van der Waals surface area contributed by atoms with E-state index >= 15 is 0 Å². The summed E-state index contributed by atoms with van der Waals surface area (Å²) < 4.78 is 8.50. The summed E-state index contributed by atoms with van der Waals surface area (Å²) in [5.41, 5.74) is 6.10. The number of hydrogen-bond acceptors (Lipinski definition) is 3. The van der Waals surface area contributed by atoms with Crippen LogP contribution in [-0.4, -0.2) is 27.8 Å². The minimum atomic E-state index is -0.140. The lowest BCUT2D eigenvalue weighted by Crippen LogP contribution is -2.42. The molecule has 1 spiro atoms. The van der Waals surface area contributed by atoms with E-state index in [1.165, 1.54) is 22.3 Å². The van der Waals surface area contributed by atoms with Gasteiger partial charge in [0.2, 0.25) is 0 Å². The standard InChI is InChI=1S/C25H27N3O/c1-3-20-9-10-23-19(2)29-25(24(23)15-20)11-13-27(14-12-25)17-21-16-26-28(18-21)22-7-5-4-6-8-22/h3-10,15-16,18-19H,1,11-14,17H2,2H3. The van der Waals surface area contributed by atoms with Gasteiger partial charge >= 0.3 is 0 Å². The van der Waals surface area contributed by atoms with Crippen LogP contribution in [0.15, 0.2) is 67.5 Å². The fraction of sp³-hybridized carbons (Fsp3) is 0.320. The van der Waals surface area contributed by atoms with Gasteiger partial charge in [-0.3, -0.25) is 4.90 Å². The number of aromatic nitrogens is 2. The van der Waals surface area contributed by atoms with Crippen LogP contribution < -0.4 is 0 Å². The number of ether oxygens (including phenoxy) is 1. The highest BCUT2D eigenvalue weighted by molar-refractivity contribution is 5.53. The minimum absolute atomic E-state index is 0.140. The molecule has 148 valence electrons. The Morgan fingerprint density at radius 2 is 1.97 bits per heavy atom. The maximum Gasteiger partial charge on any atom is 0.0967 e. The van der Waals surface area contributed by atoms with E-state index in [1.807, 2.05) is 35.2 Å². The topological polar surface area (TPSA) is 30.3 Å². The number of fused-ring (bicyclic) bond motifs is 2. The molecule has 0 saturated carbocycles. The highest BCUT2D eigenvalue weighted by Gasteiger charge is 2.45. The average Bonchev–Trinajstić information content (AvgIpc) is 3.33. The Labute approximate surface area is 172 Å². The lowest BCUT2D eigenvalue weighted by molar-refractivity contribution is -0.104. The number of rotatable bonds is 4. The van der Waals surface area contributed by atoms with Gasteiger partial charge in [-0.1, -0.05) is 43.0 Å². The Morgan fingerprint density at radius 1 is 1.17 bits per heavy atom. The largest absolute Gasteiger partial charge is 0.363 e. The second kappa shape index (κ2) is 7.29. The molecule has 0 aliphatic carbocycles. The number of hydrogen-bond donors (Lipinski definition) is 0. The van der Waals surface area contributed by atoms with E-state index in [4.69, 9.17) is 4.74 Å². The molecule has 4 nitrogen and oxygen atoms in total. The van der Waals surface area contributed by atoms with Gasteiger partial charge in [0.05, 0.1) is 23.6 Å². The zero-order valence-electron chi connectivity index (χ0n) is 16.9. The van der Waals surface area contributed by atoms with Crippen LogP contribution in [0.25, 0.3) is 11.8 Å². The molecule has 2 aromatic carbocycles. The normalized spacial score (nSPS) is 20.7. The summed E-state index contributed by atoms with van der Waals surface area (Å²) in [6, 6.07) is 16.9. The third-order valence-corrected chi connectivity index (χ3v) is 6.37. The summed E-state index contributed by atoms with van der Waals surface area (Å²) in [5.74, 6) is 0. The number of likely N-dealkylation sites (tertiary alicyclic amines) is 1. The Bertz CT molecular complexity index is 1020. The molecular weight excluding hydrogens is 358 g/mol. The molecule has 5 rings (SSSR count). The van der Waals surface area contributed by atoms with Crippen molar-refractivity contribution >= 4 is 6.08 Å². The van der Waals surface area contributed by atoms with Gasteiger partial charge in [0.15, 0.2) is 0 Å². The number of nitrogens with zero attached hydrogens (tertiary/aromatic N) is 3. The first kappa shape index (κ1) is 18.3. The first-order valence-corrected chi connectivity index (χ1v) is 10.4. The van der Waals surface area contributed by atoms with Crippen molar-refractivity contribution in [2.75, 3.05) is 13.1 Å². The summed E-state index contributed by atoms with van der Waals surface area (Å²) in [7, 11) is 0. The van der Waals surface area contributed by atoms with Gasteiger partial charge in [0, 0.05) is 31.4 Å². The zero-order valence-corrected chi connectivity index (χ0v) is 16.9. The zero-order chi connectivity index (χ0) is 19.8. The van der Waals surface area contributed by atoms with Crippen molar-refractivity contribution in [3.05, 3.63) is 89.8 Å². The van der Waals surface area contributed by atoms with Gasteiger partial charge < -0.3 is 4.74 Å². The molecule has 1 atom stereocenters. The maximum atomic E-state index is 6.54. The first-order chi connectivity index (χ1) is 14.2. The Kier molecular flexibility index (Phi) is 4.61. The van der Waals surface area contributed by atoms with Crippen LogP contribution in [0.1, 0.15) is 48.1 Å². The SMILES string of the molecule is C=Cc1ccc2c(c1)C1(CCN(Cc3cnn(-c4ccccc4)c3)CC1)OC2C. The fourth-order valence-electron chi connectivity index (χ4n) is 4.80. The minimum Gasteiger partial charge on any atom is -0.363 e. The predicted octanol–water partition coefficient (Wildman–Crippen LogP) is 5.10. The number of para-hydroxylation sites is 1. The van der Waals surface area contributed by atoms with Crippen molar-refractivity contribution in [1.29, 1.82) is 0 Å². The molecule has 0 amide bonds. The van der Waals surface area contributed by atoms with E-state index in [-0.39, 0.29) is 11.7 Å². The number of piperidine rings is 1. The molecule has 1 aromatic heterocycles. The van der Waals surface area contributed by atoms with Gasteiger partial charge in [-0.2, -0.15) is 5.10 Å². The highest BCUT2D eigenvalue weighted by atomic mass is 16.5. The van der Waals surface area contributed by atoms with E-state index < -0.39 is 0 Å². The van der Waals surface area contributed by atoms with Crippen LogP contribution in [0.2, 0.25) is 0 Å². The fourth-order valence-corrected chi connectivity index (χ4v) is 4.80. The van der Waals surface area contributed by atoms with E-state index in [0.29, 0.717) is 0 Å². The van der Waals surface area contributed by atoms with E-state index in [0.717, 1.165) is 38.2 Å². The predicted molar refractivity (Wildman–Crippen MR) is 116 cm³/mol. The van der Waals surface area contributed by atoms with Crippen LogP contribution in [0.4, 0.5) is 0 Å². The quantitative estimate of drug-likeness (QED) is 0.626. The van der Waals surface area contributed by atoms with Crippen LogP contribution in [0.5, 0.6) is 0 Å². The van der Waals surface area contributed by atoms with Crippen LogP contribution in [0.3, 0.4) is 0 Å². The van der Waals surface area contributed by atoms with E-state index in [9.17, 15) is 0 Å². The monoisotopic (exact) mass is 385 g/mol. The van der Waals surface area contributed by atoms with Gasteiger partial charge in [-0.15, -0.1) is 0 Å². The van der Waals surface area contributed by atoms with Gasteiger partial charge in [-0.05, 0) is 54.7 Å². The Morgan fingerprint density at radius 3 is 2.72 bits per heavy atom. The smallest absolute Gasteiger partial charge is 0.0967 e. The van der Waals surface area contributed by atoms with Crippen LogP contribution in [-0.2, 0) is 16.9 Å². The summed E-state index contributed by atoms with van der Waals surface area (Å²) in [6.07, 6.45) is 8.27. The summed E-state index contributed by atoms with van der Waals surface area (Å²) in [5, 5.41) is 4.54. The molecule has 4 heteroatoms. The van der Waals surface area contributed by atoms with Crippen molar-refractivity contribution in [2.24, 2.45) is 0 Å². The van der Waals surface area contributed by atoms with E-state index in [2.05, 4.69) is 60.0 Å². The Balaban J connectivity index is 1.28. The molecule has 1 saturated heterocycles. The third-order valence-electron chi connectivity index (χ3n) is 6.37. The second-order valence-corrected chi connectivity index (χ2v) is 8.21. The molecular formula is C25H27N3O. The molecule has 29 heavy (non-hydrogen) atoms. The lowest BCUT2D eigenvalue weighted by Gasteiger charge is -2.39. The van der Waals surface area contributed by atoms with Crippen LogP contribution >= 0.6 is 0 Å². The molecule has 3 aromatic rings. The molecule has 3 heterocycles. The van der Waals surface area contributed by atoms with Crippen LogP contribution in [0, 0.1) is 0 Å². The number of benzene rings is 2. The summed E-state index contributed by atoms with van der Waals surface area (Å²) in [4.78, 5) is 2.51. The average molecular weight is 386 g/mol. The lowest BCUT2D eigenvalue weighted by atomic mass is 9.82. The van der Waals surface area contributed by atoms with Gasteiger partial charge in [0.25, 0.3) is 0 Å². The summed E-state index contributed by atoms with van der Waals surface area (Å²) in [6.45, 7) is 9.09. The van der Waals surface area contributed by atoms with Gasteiger partial charge in [0.1, 0.15) is 0 Å². The third kappa shape index (κ3) is 3.33. The molecule has 1 fully saturated rings. The van der Waals surface area contributed by atoms with Crippen molar-refractivity contribution in [1.82, 2.24) is 14.7 Å². The molecule has 2 aliphatic heterocycles. The molecule has 0 bridgehead atoms. The van der Waals surface area contributed by atoms with E-state index in [1.54, 1.807) is 0 Å². The maximum absolute atomic E-state index is 6.54. The van der Waals surface area contributed by atoms with Crippen molar-refractivity contribution in [3.63, 3.8) is 0 Å². The summed E-state index contributed by atoms with van der Waals surface area (Å²) >= 11 is 0. The molecule has 2 aliphatic rings. The van der Waals surface area contributed by atoms with Crippen molar-refractivity contribution in [3.8, 4) is 5.69 Å². The molecule has 0 radical (unpaired) electrons. The van der Waals surface area contributed by atoms with Crippen molar-refractivity contribution < 1.29 is 4.74 Å². The molecule has 0 N–H and O–H groups in total. The molecule has 1 unspecified atom stereocenters. The highest BCUT2D eigenvalue weighted by Crippen LogP contribution is 2.49. The van der Waals surface area contributed by atoms with Crippen molar-refractivity contribution in [2.45, 2.75) is 38.0 Å².